The number of ether oxygens (including phenoxy) is 1. The Morgan fingerprint density at radius 1 is 1.57 bits per heavy atom. The fraction of sp³-hybridized carbons (Fsp3) is 0.500. The SMILES string of the molecule is COC(=O)C1CCCN(CC(=O)Nc2cccnc2Cl)C1. The third-order valence-electron chi connectivity index (χ3n) is 3.44. The molecule has 1 aliphatic heterocycles. The van der Waals surface area contributed by atoms with Crippen LogP contribution in [-0.2, 0) is 14.3 Å². The molecule has 0 saturated carbocycles. The number of hydrogen-bond acceptors (Lipinski definition) is 5. The van der Waals surface area contributed by atoms with Crippen LogP contribution in [0.5, 0.6) is 0 Å². The van der Waals surface area contributed by atoms with Gasteiger partial charge in [0, 0.05) is 12.7 Å². The number of halogens is 1. The van der Waals surface area contributed by atoms with Crippen LogP contribution < -0.4 is 5.32 Å². The fourth-order valence-electron chi connectivity index (χ4n) is 2.43. The zero-order valence-electron chi connectivity index (χ0n) is 11.8. The molecule has 0 bridgehead atoms. The molecule has 7 heteroatoms. The molecule has 1 N–H and O–H groups in total. The summed E-state index contributed by atoms with van der Waals surface area (Å²) in [7, 11) is 1.39. The Balaban J connectivity index is 1.88. The van der Waals surface area contributed by atoms with E-state index < -0.39 is 0 Å². The highest BCUT2D eigenvalue weighted by atomic mass is 35.5. The molecule has 0 aliphatic carbocycles. The monoisotopic (exact) mass is 311 g/mol. The van der Waals surface area contributed by atoms with E-state index in [0.717, 1.165) is 19.4 Å². The van der Waals surface area contributed by atoms with Crippen molar-refractivity contribution in [3.63, 3.8) is 0 Å². The van der Waals surface area contributed by atoms with Crippen molar-refractivity contribution in [3.8, 4) is 0 Å². The minimum Gasteiger partial charge on any atom is -0.469 e. The van der Waals surface area contributed by atoms with Crippen LogP contribution in [-0.4, -0.2) is 48.5 Å². The second-order valence-corrected chi connectivity index (χ2v) is 5.35. The standard InChI is InChI=1S/C14H18ClN3O3/c1-21-14(20)10-4-3-7-18(8-10)9-12(19)17-11-5-2-6-16-13(11)15/h2,5-6,10H,3-4,7-9H2,1H3,(H,17,19). The van der Waals surface area contributed by atoms with E-state index in [2.05, 4.69) is 10.3 Å². The van der Waals surface area contributed by atoms with Crippen molar-refractivity contribution < 1.29 is 14.3 Å². The van der Waals surface area contributed by atoms with Crippen molar-refractivity contribution in [1.82, 2.24) is 9.88 Å². The van der Waals surface area contributed by atoms with E-state index in [1.807, 2.05) is 4.90 Å². The number of rotatable bonds is 4. The Hall–Kier alpha value is -1.66. The summed E-state index contributed by atoms with van der Waals surface area (Å²) in [5.74, 6) is -0.538. The molecule has 114 valence electrons. The second-order valence-electron chi connectivity index (χ2n) is 4.99. The highest BCUT2D eigenvalue weighted by Crippen LogP contribution is 2.19. The Morgan fingerprint density at radius 2 is 2.38 bits per heavy atom. The Kier molecular flexibility index (Phi) is 5.52. The Labute approximate surface area is 128 Å². The van der Waals surface area contributed by atoms with Crippen molar-refractivity contribution in [3.05, 3.63) is 23.5 Å². The average molecular weight is 312 g/mol. The Morgan fingerprint density at radius 3 is 3.10 bits per heavy atom. The predicted molar refractivity (Wildman–Crippen MR) is 79.1 cm³/mol. The molecular formula is C14H18ClN3O3. The molecule has 1 atom stereocenters. The molecule has 2 rings (SSSR count). The van der Waals surface area contributed by atoms with Crippen molar-refractivity contribution in [1.29, 1.82) is 0 Å². The maximum absolute atomic E-state index is 12.0. The lowest BCUT2D eigenvalue weighted by Gasteiger charge is -2.30. The highest BCUT2D eigenvalue weighted by molar-refractivity contribution is 6.32. The van der Waals surface area contributed by atoms with Gasteiger partial charge in [0.15, 0.2) is 5.15 Å². The molecule has 1 amide bonds. The minimum atomic E-state index is -0.213. The van der Waals surface area contributed by atoms with Crippen LogP contribution in [0.3, 0.4) is 0 Å². The van der Waals surface area contributed by atoms with E-state index in [0.29, 0.717) is 12.2 Å². The van der Waals surface area contributed by atoms with E-state index in [9.17, 15) is 9.59 Å². The van der Waals surface area contributed by atoms with Gasteiger partial charge in [0.2, 0.25) is 5.91 Å². The minimum absolute atomic E-state index is 0.154. The first-order chi connectivity index (χ1) is 10.1. The largest absolute Gasteiger partial charge is 0.469 e. The fourth-order valence-corrected chi connectivity index (χ4v) is 2.60. The van der Waals surface area contributed by atoms with Crippen LogP contribution in [0.4, 0.5) is 5.69 Å². The van der Waals surface area contributed by atoms with Crippen LogP contribution in [0.2, 0.25) is 5.15 Å². The summed E-state index contributed by atoms with van der Waals surface area (Å²) in [6.45, 7) is 1.56. The van der Waals surface area contributed by atoms with Gasteiger partial charge < -0.3 is 10.1 Å². The van der Waals surface area contributed by atoms with E-state index >= 15 is 0 Å². The summed E-state index contributed by atoms with van der Waals surface area (Å²) < 4.78 is 4.76. The number of carbonyl (C=O) groups excluding carboxylic acids is 2. The molecule has 1 aromatic rings. The summed E-state index contributed by atoms with van der Waals surface area (Å²) in [5.41, 5.74) is 0.491. The zero-order valence-corrected chi connectivity index (χ0v) is 12.6. The summed E-state index contributed by atoms with van der Waals surface area (Å²) in [4.78, 5) is 29.4. The number of carbonyl (C=O) groups is 2. The quantitative estimate of drug-likeness (QED) is 0.675. The maximum Gasteiger partial charge on any atom is 0.309 e. The molecule has 1 aliphatic rings. The van der Waals surface area contributed by atoms with Gasteiger partial charge in [-0.1, -0.05) is 11.6 Å². The topological polar surface area (TPSA) is 71.5 Å². The number of piperidine rings is 1. The lowest BCUT2D eigenvalue weighted by molar-refractivity contribution is -0.147. The number of anilines is 1. The summed E-state index contributed by atoms with van der Waals surface area (Å²) in [6.07, 6.45) is 3.24. The zero-order chi connectivity index (χ0) is 15.2. The maximum atomic E-state index is 12.0. The Bertz CT molecular complexity index is 524. The number of esters is 1. The molecule has 2 heterocycles. The van der Waals surface area contributed by atoms with Crippen LogP contribution in [0, 0.1) is 5.92 Å². The van der Waals surface area contributed by atoms with Crippen molar-refractivity contribution in [2.75, 3.05) is 32.1 Å². The molecule has 6 nitrogen and oxygen atoms in total. The van der Waals surface area contributed by atoms with E-state index in [1.54, 1.807) is 18.3 Å². The second kappa shape index (κ2) is 7.38. The first kappa shape index (κ1) is 15.7. The number of hydrogen-bond donors (Lipinski definition) is 1. The van der Waals surface area contributed by atoms with Crippen LogP contribution >= 0.6 is 11.6 Å². The molecule has 1 fully saturated rings. The first-order valence-electron chi connectivity index (χ1n) is 6.80. The van der Waals surface area contributed by atoms with Gasteiger partial charge in [0.1, 0.15) is 0 Å². The van der Waals surface area contributed by atoms with Crippen LogP contribution in [0.25, 0.3) is 0 Å². The van der Waals surface area contributed by atoms with Gasteiger partial charge >= 0.3 is 5.97 Å². The molecule has 1 unspecified atom stereocenters. The lowest BCUT2D eigenvalue weighted by atomic mass is 9.98. The van der Waals surface area contributed by atoms with E-state index in [1.165, 1.54) is 7.11 Å². The highest BCUT2D eigenvalue weighted by Gasteiger charge is 2.27. The normalized spacial score (nSPS) is 19.0. The van der Waals surface area contributed by atoms with Gasteiger partial charge in [-0.3, -0.25) is 14.5 Å². The molecule has 0 spiro atoms. The predicted octanol–water partition coefficient (Wildman–Crippen LogP) is 1.56. The van der Waals surface area contributed by atoms with Gasteiger partial charge in [-0.2, -0.15) is 0 Å². The summed E-state index contributed by atoms with van der Waals surface area (Å²) >= 11 is 5.89. The number of amides is 1. The third kappa shape index (κ3) is 4.41. The number of likely N-dealkylation sites (tertiary alicyclic amines) is 1. The molecule has 0 aromatic carbocycles. The van der Waals surface area contributed by atoms with Crippen molar-refractivity contribution in [2.24, 2.45) is 5.92 Å². The number of methoxy groups -OCH3 is 1. The smallest absolute Gasteiger partial charge is 0.309 e. The van der Waals surface area contributed by atoms with E-state index in [-0.39, 0.29) is 29.5 Å². The number of nitrogens with zero attached hydrogens (tertiary/aromatic N) is 2. The number of aromatic nitrogens is 1. The molecule has 1 saturated heterocycles. The number of pyridine rings is 1. The lowest BCUT2D eigenvalue weighted by Crippen LogP contribution is -2.42. The van der Waals surface area contributed by atoms with E-state index in [4.69, 9.17) is 16.3 Å². The van der Waals surface area contributed by atoms with Crippen molar-refractivity contribution in [2.45, 2.75) is 12.8 Å². The summed E-state index contributed by atoms with van der Waals surface area (Å²) in [5, 5.41) is 2.99. The third-order valence-corrected chi connectivity index (χ3v) is 3.74. The van der Waals surface area contributed by atoms with Gasteiger partial charge in [0.25, 0.3) is 0 Å². The van der Waals surface area contributed by atoms with Gasteiger partial charge in [0.05, 0.1) is 25.3 Å². The van der Waals surface area contributed by atoms with Gasteiger partial charge in [-0.25, -0.2) is 4.98 Å². The van der Waals surface area contributed by atoms with Crippen LogP contribution in [0.1, 0.15) is 12.8 Å². The number of nitrogens with one attached hydrogen (secondary N) is 1. The molecule has 21 heavy (non-hydrogen) atoms. The summed E-state index contributed by atoms with van der Waals surface area (Å²) in [6, 6.07) is 3.40. The first-order valence-corrected chi connectivity index (χ1v) is 7.18. The molecule has 0 radical (unpaired) electrons. The molecule has 1 aromatic heterocycles. The average Bonchev–Trinajstić information content (AvgIpc) is 2.49. The van der Waals surface area contributed by atoms with Crippen molar-refractivity contribution >= 4 is 29.2 Å². The molecular weight excluding hydrogens is 294 g/mol. The van der Waals surface area contributed by atoms with Gasteiger partial charge in [-0.15, -0.1) is 0 Å². The van der Waals surface area contributed by atoms with Gasteiger partial charge in [-0.05, 0) is 31.5 Å². The van der Waals surface area contributed by atoms with Crippen LogP contribution in [0.15, 0.2) is 18.3 Å².